The highest BCUT2D eigenvalue weighted by atomic mass is 32.2. The Morgan fingerprint density at radius 3 is 1.69 bits per heavy atom. The van der Waals surface area contributed by atoms with Crippen LogP contribution in [0.4, 0.5) is 26.3 Å². The molecule has 1 aliphatic heterocycles. The van der Waals surface area contributed by atoms with Crippen LogP contribution in [0.3, 0.4) is 0 Å². The molecule has 4 bridgehead atoms. The van der Waals surface area contributed by atoms with Crippen molar-refractivity contribution in [2.45, 2.75) is 73.6 Å². The van der Waals surface area contributed by atoms with Gasteiger partial charge in [0.05, 0.1) is 0 Å². The zero-order valence-corrected chi connectivity index (χ0v) is 16.6. The molecule has 8 heteroatoms. The first-order chi connectivity index (χ1) is 13.5. The summed E-state index contributed by atoms with van der Waals surface area (Å²) in [6, 6.07) is 7.57. The number of halogens is 6. The molecule has 160 valence electrons. The van der Waals surface area contributed by atoms with Gasteiger partial charge in [-0.2, -0.15) is 26.3 Å². The minimum Gasteiger partial charge on any atom is -0.236 e. The normalized spacial score (nSPS) is 39.2. The monoisotopic (exact) mass is 435 g/mol. The van der Waals surface area contributed by atoms with E-state index in [1.54, 1.807) is 34.6 Å². The van der Waals surface area contributed by atoms with Gasteiger partial charge in [-0.1, -0.05) is 42.3 Å². The van der Waals surface area contributed by atoms with E-state index in [1.807, 2.05) is 0 Å². The van der Waals surface area contributed by atoms with E-state index in [-0.39, 0.29) is 11.9 Å². The van der Waals surface area contributed by atoms with Crippen LogP contribution in [0.25, 0.3) is 0 Å². The van der Waals surface area contributed by atoms with Crippen molar-refractivity contribution >= 4 is 11.9 Å². The number of rotatable bonds is 2. The lowest BCUT2D eigenvalue weighted by atomic mass is 9.53. The quantitative estimate of drug-likeness (QED) is 0.367. The number of hydrogen-bond donors (Lipinski definition) is 0. The van der Waals surface area contributed by atoms with Gasteiger partial charge in [-0.15, -0.1) is 0 Å². The van der Waals surface area contributed by atoms with Gasteiger partial charge in [0.15, 0.2) is 0 Å². The maximum absolute atomic E-state index is 14.0. The summed E-state index contributed by atoms with van der Waals surface area (Å²) in [6.07, 6.45) is -6.29. The lowest BCUT2D eigenvalue weighted by molar-refractivity contribution is -0.265. The van der Waals surface area contributed by atoms with Crippen LogP contribution in [0.1, 0.15) is 56.6 Å². The van der Waals surface area contributed by atoms with Crippen LogP contribution >= 0.6 is 11.9 Å². The van der Waals surface area contributed by atoms with Crippen molar-refractivity contribution in [3.8, 4) is 0 Å². The maximum Gasteiger partial charge on any atom is 0.413 e. The van der Waals surface area contributed by atoms with Crippen LogP contribution in [0.2, 0.25) is 0 Å². The Kier molecular flexibility index (Phi) is 4.36. The fraction of sp³-hybridized carbons (Fsp3) is 0.714. The molecular formula is C21H23F6NS. The first kappa shape index (κ1) is 20.0. The van der Waals surface area contributed by atoms with E-state index in [0.29, 0.717) is 23.3 Å². The third-order valence-corrected chi connectivity index (χ3v) is 9.37. The average molecular weight is 435 g/mol. The lowest BCUT2D eigenvalue weighted by Gasteiger charge is -2.60. The molecule has 0 amide bonds. The molecule has 0 N–H and O–H groups in total. The molecule has 0 spiro atoms. The van der Waals surface area contributed by atoms with E-state index >= 15 is 0 Å². The molecule has 1 unspecified atom stereocenters. The Morgan fingerprint density at radius 2 is 1.24 bits per heavy atom. The second-order valence-corrected chi connectivity index (χ2v) is 10.8. The Hall–Kier alpha value is -0.890. The smallest absolute Gasteiger partial charge is 0.236 e. The summed E-state index contributed by atoms with van der Waals surface area (Å²) in [4.78, 5) is 0. The number of benzene rings is 1. The molecular weight excluding hydrogens is 412 g/mol. The molecule has 1 saturated heterocycles. The summed E-state index contributed by atoms with van der Waals surface area (Å²) in [6.45, 7) is 0. The zero-order valence-electron chi connectivity index (χ0n) is 15.8. The number of alkyl halides is 6. The molecule has 5 fully saturated rings. The van der Waals surface area contributed by atoms with Gasteiger partial charge in [0, 0.05) is 18.0 Å². The van der Waals surface area contributed by atoms with E-state index in [2.05, 4.69) is 0 Å². The minimum atomic E-state index is -5.36. The van der Waals surface area contributed by atoms with Gasteiger partial charge < -0.3 is 0 Å². The van der Waals surface area contributed by atoms with Gasteiger partial charge in [0.1, 0.15) is 0 Å². The first-order valence-electron chi connectivity index (χ1n) is 10.2. The van der Waals surface area contributed by atoms with Crippen molar-refractivity contribution in [1.82, 2.24) is 4.31 Å². The lowest BCUT2D eigenvalue weighted by Crippen LogP contribution is -2.58. The van der Waals surface area contributed by atoms with Crippen molar-refractivity contribution in [2.24, 2.45) is 17.8 Å². The van der Waals surface area contributed by atoms with Crippen molar-refractivity contribution < 1.29 is 26.3 Å². The van der Waals surface area contributed by atoms with E-state index in [0.717, 1.165) is 38.5 Å². The highest BCUT2D eigenvalue weighted by Gasteiger charge is 2.77. The highest BCUT2D eigenvalue weighted by Crippen LogP contribution is 2.69. The van der Waals surface area contributed by atoms with Gasteiger partial charge >= 0.3 is 12.4 Å². The van der Waals surface area contributed by atoms with Crippen molar-refractivity contribution in [3.63, 3.8) is 0 Å². The van der Waals surface area contributed by atoms with Crippen molar-refractivity contribution in [1.29, 1.82) is 0 Å². The zero-order chi connectivity index (χ0) is 20.7. The summed E-state index contributed by atoms with van der Waals surface area (Å²) in [7, 11) is 0. The maximum atomic E-state index is 14.0. The summed E-state index contributed by atoms with van der Waals surface area (Å²) < 4.78 is 81.7. The van der Waals surface area contributed by atoms with Crippen molar-refractivity contribution in [3.05, 3.63) is 35.9 Å². The first-order valence-corrected chi connectivity index (χ1v) is 11.0. The third-order valence-electron chi connectivity index (χ3n) is 7.59. The fourth-order valence-corrected chi connectivity index (χ4v) is 8.33. The van der Waals surface area contributed by atoms with Crippen molar-refractivity contribution in [2.75, 3.05) is 0 Å². The van der Waals surface area contributed by atoms with E-state index < -0.39 is 35.1 Å². The summed E-state index contributed by atoms with van der Waals surface area (Å²) in [5, 5.41) is 0. The predicted octanol–water partition coefficient (Wildman–Crippen LogP) is 6.91. The molecule has 6 rings (SSSR count). The molecule has 1 atom stereocenters. The molecule has 4 aliphatic carbocycles. The Morgan fingerprint density at radius 1 is 0.759 bits per heavy atom. The van der Waals surface area contributed by atoms with E-state index in [4.69, 9.17) is 0 Å². The largest absolute Gasteiger partial charge is 0.413 e. The highest BCUT2D eigenvalue weighted by molar-refractivity contribution is 7.98. The van der Waals surface area contributed by atoms with Crippen LogP contribution < -0.4 is 0 Å². The third kappa shape index (κ3) is 2.95. The number of nitrogens with zero attached hydrogens (tertiary/aromatic N) is 1. The fourth-order valence-electron chi connectivity index (χ4n) is 6.81. The summed E-state index contributed by atoms with van der Waals surface area (Å²) in [5.74, 6) is 1.31. The van der Waals surface area contributed by atoms with E-state index in [1.165, 1.54) is 0 Å². The van der Waals surface area contributed by atoms with Crippen LogP contribution in [0.5, 0.6) is 0 Å². The molecule has 0 aromatic heterocycles. The Bertz CT molecular complexity index is 724. The molecule has 0 radical (unpaired) electrons. The van der Waals surface area contributed by atoms with Crippen LogP contribution in [-0.2, 0) is 0 Å². The predicted molar refractivity (Wildman–Crippen MR) is 99.0 cm³/mol. The van der Waals surface area contributed by atoms with Crippen LogP contribution in [0.15, 0.2) is 30.3 Å². The molecule has 1 nitrogen and oxygen atoms in total. The Labute approximate surface area is 170 Å². The SMILES string of the molecule is FC(F)(F)C1(C(F)(F)F)CC(c2ccccc2)N(C23CC4CC(CC(C4)C2)C3)S1. The van der Waals surface area contributed by atoms with Gasteiger partial charge in [0.25, 0.3) is 0 Å². The molecule has 1 aromatic rings. The number of hydrogen-bond acceptors (Lipinski definition) is 2. The molecule has 1 aromatic carbocycles. The molecule has 4 saturated carbocycles. The standard InChI is InChI=1S/C21H23F6NS/c22-20(23,24)19(21(25,26)27)12-17(16-4-2-1-3-5-16)28(29-19)18-9-13-6-14(10-18)8-15(7-13)11-18/h1-5,13-15,17H,6-12H2. The van der Waals surface area contributed by atoms with Gasteiger partial charge in [-0.05, 0) is 61.8 Å². The summed E-state index contributed by atoms with van der Waals surface area (Å²) in [5.41, 5.74) is -0.0100. The average Bonchev–Trinajstić information content (AvgIpc) is 3.04. The topological polar surface area (TPSA) is 3.24 Å². The molecule has 29 heavy (non-hydrogen) atoms. The van der Waals surface area contributed by atoms with Gasteiger partial charge in [0.2, 0.25) is 4.75 Å². The second kappa shape index (κ2) is 6.31. The van der Waals surface area contributed by atoms with Gasteiger partial charge in [-0.25, -0.2) is 4.31 Å². The second-order valence-electron chi connectivity index (χ2n) is 9.51. The minimum absolute atomic E-state index is 0.0467. The molecule has 5 aliphatic rings. The van der Waals surface area contributed by atoms with Crippen LogP contribution in [0, 0.1) is 17.8 Å². The summed E-state index contributed by atoms with van der Waals surface area (Å²) >= 11 is 0.0467. The van der Waals surface area contributed by atoms with Gasteiger partial charge in [-0.3, -0.25) is 0 Å². The molecule has 1 heterocycles. The van der Waals surface area contributed by atoms with E-state index in [9.17, 15) is 26.3 Å². The Balaban J connectivity index is 1.61. The van der Waals surface area contributed by atoms with Crippen LogP contribution in [-0.4, -0.2) is 26.9 Å².